The van der Waals surface area contributed by atoms with Crippen molar-refractivity contribution in [3.05, 3.63) is 107 Å². The summed E-state index contributed by atoms with van der Waals surface area (Å²) in [5, 5.41) is 11.2. The van der Waals surface area contributed by atoms with Crippen LogP contribution in [-0.2, 0) is 9.53 Å². The minimum Gasteiger partial charge on any atom is -0.465 e. The van der Waals surface area contributed by atoms with Gasteiger partial charge in [0.05, 0.1) is 33.6 Å². The van der Waals surface area contributed by atoms with Gasteiger partial charge in [-0.2, -0.15) is 0 Å². The average molecular weight is 506 g/mol. The number of benzene rings is 1. The Morgan fingerprint density at radius 3 is 2.83 bits per heavy atom. The zero-order valence-corrected chi connectivity index (χ0v) is 20.0. The van der Waals surface area contributed by atoms with Crippen LogP contribution in [0.25, 0.3) is 17.4 Å². The first kappa shape index (κ1) is 23.2. The molecule has 5 rings (SSSR count). The van der Waals surface area contributed by atoms with Crippen molar-refractivity contribution in [1.82, 2.24) is 4.57 Å². The van der Waals surface area contributed by atoms with Crippen LogP contribution >= 0.6 is 11.3 Å². The van der Waals surface area contributed by atoms with Crippen LogP contribution in [-0.4, -0.2) is 22.1 Å². The number of fused-ring (bicyclic) bond motifs is 1. The highest BCUT2D eigenvalue weighted by molar-refractivity contribution is 7.07. The Balaban J connectivity index is 1.68. The maximum absolute atomic E-state index is 13.5. The largest absolute Gasteiger partial charge is 0.465 e. The first-order valence-corrected chi connectivity index (χ1v) is 11.8. The van der Waals surface area contributed by atoms with E-state index in [9.17, 15) is 19.7 Å². The van der Waals surface area contributed by atoms with E-state index in [1.54, 1.807) is 56.3 Å². The lowest BCUT2D eigenvalue weighted by Gasteiger charge is -2.22. The molecule has 1 aromatic carbocycles. The molecular formula is C25H19N3O7S. The second-order valence-corrected chi connectivity index (χ2v) is 8.84. The molecule has 0 unspecified atom stereocenters. The summed E-state index contributed by atoms with van der Waals surface area (Å²) in [6, 6.07) is 11.8. The minimum atomic E-state index is -0.938. The second-order valence-electron chi connectivity index (χ2n) is 7.83. The number of hydrogen-bond acceptors (Lipinski definition) is 9. The van der Waals surface area contributed by atoms with Crippen LogP contribution in [0, 0.1) is 10.1 Å². The molecule has 1 aliphatic heterocycles. The van der Waals surface area contributed by atoms with Gasteiger partial charge in [0.25, 0.3) is 11.2 Å². The fourth-order valence-electron chi connectivity index (χ4n) is 3.99. The summed E-state index contributed by atoms with van der Waals surface area (Å²) in [5.41, 5.74) is 0.604. The summed E-state index contributed by atoms with van der Waals surface area (Å²) in [7, 11) is 0. The molecule has 0 spiro atoms. The third-order valence-electron chi connectivity index (χ3n) is 5.57. The van der Waals surface area contributed by atoms with Crippen LogP contribution in [0.3, 0.4) is 0 Å². The highest BCUT2D eigenvalue weighted by Gasteiger charge is 2.35. The minimum absolute atomic E-state index is 0.0840. The molecule has 10 nitrogen and oxygen atoms in total. The molecule has 0 saturated carbocycles. The number of non-ortho nitro benzene ring substituents is 1. The van der Waals surface area contributed by atoms with Gasteiger partial charge in [-0.3, -0.25) is 19.5 Å². The van der Waals surface area contributed by atoms with Gasteiger partial charge in [-0.25, -0.2) is 9.79 Å². The van der Waals surface area contributed by atoms with E-state index in [1.807, 2.05) is 0 Å². The number of nitro groups is 1. The van der Waals surface area contributed by atoms with Crippen LogP contribution in [0.15, 0.2) is 84.7 Å². The number of allylic oxidation sites excluding steroid dienone is 1. The number of thiazole rings is 1. The summed E-state index contributed by atoms with van der Waals surface area (Å²) in [4.78, 5) is 42.1. The molecule has 0 fully saturated rings. The predicted octanol–water partition coefficient (Wildman–Crippen LogP) is 3.56. The average Bonchev–Trinajstić information content (AvgIpc) is 3.60. The van der Waals surface area contributed by atoms with Crippen molar-refractivity contribution in [3.8, 4) is 11.3 Å². The number of aromatic nitrogens is 1. The molecule has 0 amide bonds. The summed E-state index contributed by atoms with van der Waals surface area (Å²) in [6.45, 7) is 3.50. The zero-order chi connectivity index (χ0) is 25.4. The molecule has 0 saturated heterocycles. The van der Waals surface area contributed by atoms with Crippen LogP contribution in [0.1, 0.15) is 31.4 Å². The number of furan rings is 2. The highest BCUT2D eigenvalue weighted by atomic mass is 32.1. The molecule has 36 heavy (non-hydrogen) atoms. The molecule has 4 heterocycles. The molecule has 0 aliphatic carbocycles. The summed E-state index contributed by atoms with van der Waals surface area (Å²) < 4.78 is 18.5. The van der Waals surface area contributed by atoms with Crippen LogP contribution < -0.4 is 14.9 Å². The van der Waals surface area contributed by atoms with Gasteiger partial charge in [-0.1, -0.05) is 23.5 Å². The molecule has 0 bridgehead atoms. The van der Waals surface area contributed by atoms with Gasteiger partial charge >= 0.3 is 5.97 Å². The topological polar surface area (TPSA) is 130 Å². The Morgan fingerprint density at radius 1 is 1.28 bits per heavy atom. The van der Waals surface area contributed by atoms with Crippen molar-refractivity contribution in [2.75, 3.05) is 6.61 Å². The summed E-state index contributed by atoms with van der Waals surface area (Å²) in [5.74, 6) is 0.533. The van der Waals surface area contributed by atoms with Gasteiger partial charge < -0.3 is 13.6 Å². The van der Waals surface area contributed by atoms with Crippen molar-refractivity contribution in [3.63, 3.8) is 0 Å². The van der Waals surface area contributed by atoms with E-state index in [1.165, 1.54) is 23.0 Å². The number of carbonyl (C=O) groups excluding carboxylic acids is 1. The lowest BCUT2D eigenvalue weighted by molar-refractivity contribution is -0.384. The lowest BCUT2D eigenvalue weighted by atomic mass is 10.0. The smallest absolute Gasteiger partial charge is 0.338 e. The fourth-order valence-corrected chi connectivity index (χ4v) is 5.02. The first-order chi connectivity index (χ1) is 17.4. The molecule has 1 atom stereocenters. The SMILES string of the molecule is CCOC(=O)C1=C(C)N=c2s/c(=C\c3ccco3)c(=O)n2[C@@H]1c1ccc(-c2cccc([N+](=O)[O-])c2)o1. The normalized spacial score (nSPS) is 15.5. The lowest BCUT2D eigenvalue weighted by Crippen LogP contribution is -2.39. The van der Waals surface area contributed by atoms with E-state index in [0.717, 1.165) is 11.3 Å². The molecule has 182 valence electrons. The Hall–Kier alpha value is -4.51. The standard InChI is InChI=1S/C25H19N3O7S/c1-3-33-24(30)21-14(2)26-25-27(23(29)20(36-25)13-17-8-5-11-34-17)22(21)19-10-9-18(35-19)15-6-4-7-16(12-15)28(31)32/h4-13,22H,3H2,1-2H3/b20-13-/t22-/m1/s1. The number of rotatable bonds is 6. The van der Waals surface area contributed by atoms with Crippen LogP contribution in [0.2, 0.25) is 0 Å². The van der Waals surface area contributed by atoms with Gasteiger partial charge in [-0.05, 0) is 38.1 Å². The fraction of sp³-hybridized carbons (Fsp3) is 0.160. The number of esters is 1. The van der Waals surface area contributed by atoms with Crippen LogP contribution in [0.4, 0.5) is 5.69 Å². The van der Waals surface area contributed by atoms with E-state index in [2.05, 4.69) is 4.99 Å². The Bertz CT molecular complexity index is 1690. The molecule has 11 heteroatoms. The Labute approximate surface area is 207 Å². The van der Waals surface area contributed by atoms with Gasteiger partial charge in [-0.15, -0.1) is 0 Å². The maximum atomic E-state index is 13.5. The highest BCUT2D eigenvalue weighted by Crippen LogP contribution is 2.34. The molecule has 0 N–H and O–H groups in total. The number of hydrogen-bond donors (Lipinski definition) is 0. The summed E-state index contributed by atoms with van der Waals surface area (Å²) in [6.07, 6.45) is 3.12. The van der Waals surface area contributed by atoms with E-state index < -0.39 is 16.9 Å². The predicted molar refractivity (Wildman–Crippen MR) is 130 cm³/mol. The van der Waals surface area contributed by atoms with Crippen molar-refractivity contribution < 1.29 is 23.3 Å². The molecular weight excluding hydrogens is 486 g/mol. The van der Waals surface area contributed by atoms with E-state index in [0.29, 0.717) is 37.9 Å². The number of carbonyl (C=O) groups is 1. The molecule has 0 radical (unpaired) electrons. The molecule has 3 aromatic heterocycles. The van der Waals surface area contributed by atoms with Crippen molar-refractivity contribution in [2.45, 2.75) is 19.9 Å². The third-order valence-corrected chi connectivity index (χ3v) is 6.55. The van der Waals surface area contributed by atoms with Gasteiger partial charge in [0.15, 0.2) is 4.80 Å². The Kier molecular flexibility index (Phi) is 5.98. The number of ether oxygens (including phenoxy) is 1. The third kappa shape index (κ3) is 4.09. The first-order valence-electron chi connectivity index (χ1n) is 10.9. The van der Waals surface area contributed by atoms with Gasteiger partial charge in [0.1, 0.15) is 23.3 Å². The van der Waals surface area contributed by atoms with E-state index in [-0.39, 0.29) is 23.4 Å². The molecule has 4 aromatic rings. The van der Waals surface area contributed by atoms with Crippen molar-refractivity contribution in [2.24, 2.45) is 4.99 Å². The van der Waals surface area contributed by atoms with Crippen molar-refractivity contribution in [1.29, 1.82) is 0 Å². The summed E-state index contributed by atoms with van der Waals surface area (Å²) >= 11 is 1.16. The van der Waals surface area contributed by atoms with Gasteiger partial charge in [0.2, 0.25) is 0 Å². The monoisotopic (exact) mass is 505 g/mol. The maximum Gasteiger partial charge on any atom is 0.338 e. The second kappa shape index (κ2) is 9.27. The number of nitro benzene ring substituents is 1. The van der Waals surface area contributed by atoms with Gasteiger partial charge in [0, 0.05) is 23.8 Å². The molecule has 1 aliphatic rings. The van der Waals surface area contributed by atoms with Crippen LogP contribution in [0.5, 0.6) is 0 Å². The number of nitrogens with zero attached hydrogens (tertiary/aromatic N) is 3. The van der Waals surface area contributed by atoms with E-state index >= 15 is 0 Å². The van der Waals surface area contributed by atoms with Crippen molar-refractivity contribution >= 4 is 29.1 Å². The zero-order valence-electron chi connectivity index (χ0n) is 19.2. The van der Waals surface area contributed by atoms with E-state index in [4.69, 9.17) is 13.6 Å². The quantitative estimate of drug-likeness (QED) is 0.222. The Morgan fingerprint density at radius 2 is 2.11 bits per heavy atom.